The first-order valence-electron chi connectivity index (χ1n) is 6.36. The maximum atomic E-state index is 11.8. The van der Waals surface area contributed by atoms with Gasteiger partial charge in [-0.3, -0.25) is 0 Å². The van der Waals surface area contributed by atoms with Gasteiger partial charge in [-0.2, -0.15) is 0 Å². The Morgan fingerprint density at radius 2 is 2.11 bits per heavy atom. The normalized spacial score (nSPS) is 18.3. The fourth-order valence-electron chi connectivity index (χ4n) is 2.02. The number of rotatable bonds is 3. The van der Waals surface area contributed by atoms with Crippen LogP contribution in [0.2, 0.25) is 0 Å². The summed E-state index contributed by atoms with van der Waals surface area (Å²) in [5, 5.41) is 5.83. The lowest BCUT2D eigenvalue weighted by Crippen LogP contribution is -2.45. The second-order valence-electron chi connectivity index (χ2n) is 4.67. The Hall–Kier alpha value is -1.49. The van der Waals surface area contributed by atoms with E-state index in [9.17, 15) is 4.79 Å². The average Bonchev–Trinajstić information content (AvgIpc) is 2.77. The Bertz CT molecular complexity index is 397. The van der Waals surface area contributed by atoms with Gasteiger partial charge in [-0.25, -0.2) is 4.79 Å². The van der Waals surface area contributed by atoms with Crippen molar-refractivity contribution >= 4 is 6.03 Å². The van der Waals surface area contributed by atoms with Gasteiger partial charge in [0.15, 0.2) is 0 Å². The van der Waals surface area contributed by atoms with E-state index < -0.39 is 0 Å². The van der Waals surface area contributed by atoms with Crippen molar-refractivity contribution in [1.82, 2.24) is 10.6 Å². The highest BCUT2D eigenvalue weighted by Gasteiger charge is 2.18. The van der Waals surface area contributed by atoms with E-state index in [4.69, 9.17) is 9.15 Å². The third kappa shape index (κ3) is 3.50. The van der Waals surface area contributed by atoms with Crippen molar-refractivity contribution < 1.29 is 13.9 Å². The molecule has 1 aliphatic heterocycles. The molecule has 1 aromatic heterocycles. The second-order valence-corrected chi connectivity index (χ2v) is 4.67. The number of urea groups is 1. The lowest BCUT2D eigenvalue weighted by molar-refractivity contribution is 0.0799. The smallest absolute Gasteiger partial charge is 0.315 e. The topological polar surface area (TPSA) is 63.5 Å². The summed E-state index contributed by atoms with van der Waals surface area (Å²) in [6.07, 6.45) is 1.75. The first-order chi connectivity index (χ1) is 8.65. The van der Waals surface area contributed by atoms with Gasteiger partial charge in [0.25, 0.3) is 0 Å². The number of amides is 2. The molecule has 0 radical (unpaired) electrons. The Balaban J connectivity index is 1.79. The van der Waals surface area contributed by atoms with Gasteiger partial charge in [0.1, 0.15) is 11.5 Å². The van der Waals surface area contributed by atoms with Gasteiger partial charge >= 0.3 is 6.03 Å². The molecule has 0 aromatic carbocycles. The number of hydrogen-bond acceptors (Lipinski definition) is 3. The summed E-state index contributed by atoms with van der Waals surface area (Å²) in [5.41, 5.74) is 0. The van der Waals surface area contributed by atoms with Crippen molar-refractivity contribution in [2.24, 2.45) is 0 Å². The molecule has 1 unspecified atom stereocenters. The van der Waals surface area contributed by atoms with Gasteiger partial charge in [-0.05, 0) is 38.8 Å². The summed E-state index contributed by atoms with van der Waals surface area (Å²) in [6, 6.07) is 3.71. The number of nitrogens with one attached hydrogen (secondary N) is 2. The zero-order valence-electron chi connectivity index (χ0n) is 10.9. The summed E-state index contributed by atoms with van der Waals surface area (Å²) in [4.78, 5) is 11.8. The van der Waals surface area contributed by atoms with Crippen LogP contribution in [-0.4, -0.2) is 25.3 Å². The number of carbonyl (C=O) groups is 1. The molecule has 0 saturated carbocycles. The van der Waals surface area contributed by atoms with Gasteiger partial charge in [-0.1, -0.05) is 0 Å². The fraction of sp³-hybridized carbons (Fsp3) is 0.615. The minimum atomic E-state index is -0.150. The molecule has 100 valence electrons. The molecule has 18 heavy (non-hydrogen) atoms. The molecule has 2 amide bonds. The third-order valence-electron chi connectivity index (χ3n) is 3.09. The molecule has 2 rings (SSSR count). The molecule has 0 spiro atoms. The van der Waals surface area contributed by atoms with Gasteiger partial charge < -0.3 is 19.8 Å². The van der Waals surface area contributed by atoms with Crippen molar-refractivity contribution in [2.45, 2.75) is 38.8 Å². The van der Waals surface area contributed by atoms with E-state index in [1.807, 2.05) is 26.0 Å². The molecule has 5 nitrogen and oxygen atoms in total. The van der Waals surface area contributed by atoms with E-state index >= 15 is 0 Å². The lowest BCUT2D eigenvalue weighted by atomic mass is 10.1. The maximum Gasteiger partial charge on any atom is 0.315 e. The van der Waals surface area contributed by atoms with Gasteiger partial charge in [-0.15, -0.1) is 0 Å². The van der Waals surface area contributed by atoms with E-state index in [-0.39, 0.29) is 18.1 Å². The monoisotopic (exact) mass is 252 g/mol. The Labute approximate surface area is 107 Å². The summed E-state index contributed by atoms with van der Waals surface area (Å²) >= 11 is 0. The summed E-state index contributed by atoms with van der Waals surface area (Å²) in [6.45, 7) is 5.23. The zero-order valence-corrected chi connectivity index (χ0v) is 10.9. The molecule has 1 aromatic rings. The standard InChI is InChI=1S/C13H20N2O3/c1-9-3-4-12(18-9)10(2)14-13(16)15-11-5-7-17-8-6-11/h3-4,10-11H,5-8H2,1-2H3,(H2,14,15,16). The SMILES string of the molecule is Cc1ccc(C(C)NC(=O)NC2CCOCC2)o1. The van der Waals surface area contributed by atoms with E-state index in [1.165, 1.54) is 0 Å². The quantitative estimate of drug-likeness (QED) is 0.866. The van der Waals surface area contributed by atoms with Crippen LogP contribution in [0.3, 0.4) is 0 Å². The summed E-state index contributed by atoms with van der Waals surface area (Å²) < 4.78 is 10.7. The minimum Gasteiger partial charge on any atom is -0.464 e. The second kappa shape index (κ2) is 5.91. The number of hydrogen-bond donors (Lipinski definition) is 2. The van der Waals surface area contributed by atoms with E-state index in [1.54, 1.807) is 0 Å². The van der Waals surface area contributed by atoms with Gasteiger partial charge in [0.05, 0.1) is 6.04 Å². The van der Waals surface area contributed by atoms with Crippen LogP contribution in [0.5, 0.6) is 0 Å². The van der Waals surface area contributed by atoms with Gasteiger partial charge in [0, 0.05) is 19.3 Å². The largest absolute Gasteiger partial charge is 0.464 e. The highest BCUT2D eigenvalue weighted by Crippen LogP contribution is 2.15. The third-order valence-corrected chi connectivity index (χ3v) is 3.09. The molecule has 0 bridgehead atoms. The zero-order chi connectivity index (χ0) is 13.0. The molecular weight excluding hydrogens is 232 g/mol. The highest BCUT2D eigenvalue weighted by atomic mass is 16.5. The predicted octanol–water partition coefficient (Wildman–Crippen LogP) is 2.13. The summed E-state index contributed by atoms with van der Waals surface area (Å²) in [5.74, 6) is 1.62. The predicted molar refractivity (Wildman–Crippen MR) is 67.4 cm³/mol. The molecule has 5 heteroatoms. The van der Waals surface area contributed by atoms with E-state index in [2.05, 4.69) is 10.6 Å². The Morgan fingerprint density at radius 3 is 2.72 bits per heavy atom. The van der Waals surface area contributed by atoms with Crippen LogP contribution in [-0.2, 0) is 4.74 Å². The van der Waals surface area contributed by atoms with Crippen molar-refractivity contribution in [3.05, 3.63) is 23.7 Å². The summed E-state index contributed by atoms with van der Waals surface area (Å²) in [7, 11) is 0. The molecular formula is C13H20N2O3. The van der Waals surface area contributed by atoms with E-state index in [0.29, 0.717) is 0 Å². The van der Waals surface area contributed by atoms with Crippen LogP contribution in [0.15, 0.2) is 16.5 Å². The van der Waals surface area contributed by atoms with Crippen LogP contribution < -0.4 is 10.6 Å². The van der Waals surface area contributed by atoms with Crippen LogP contribution >= 0.6 is 0 Å². The Kier molecular flexibility index (Phi) is 4.25. The fourth-order valence-corrected chi connectivity index (χ4v) is 2.02. The molecule has 2 heterocycles. The molecule has 2 N–H and O–H groups in total. The van der Waals surface area contributed by atoms with Crippen molar-refractivity contribution in [2.75, 3.05) is 13.2 Å². The van der Waals surface area contributed by atoms with Crippen LogP contribution in [0.4, 0.5) is 4.79 Å². The first kappa shape index (κ1) is 13.0. The van der Waals surface area contributed by atoms with Crippen molar-refractivity contribution in [3.8, 4) is 0 Å². The molecule has 0 aliphatic carbocycles. The number of furan rings is 1. The number of ether oxygens (including phenoxy) is 1. The Morgan fingerprint density at radius 1 is 1.39 bits per heavy atom. The molecule has 1 aliphatic rings. The maximum absolute atomic E-state index is 11.8. The number of aryl methyl sites for hydroxylation is 1. The van der Waals surface area contributed by atoms with Crippen LogP contribution in [0, 0.1) is 6.92 Å². The average molecular weight is 252 g/mol. The van der Waals surface area contributed by atoms with Crippen LogP contribution in [0.1, 0.15) is 37.3 Å². The van der Waals surface area contributed by atoms with Crippen LogP contribution in [0.25, 0.3) is 0 Å². The molecule has 1 saturated heterocycles. The first-order valence-corrected chi connectivity index (χ1v) is 6.36. The molecule has 1 fully saturated rings. The number of carbonyl (C=O) groups excluding carboxylic acids is 1. The highest BCUT2D eigenvalue weighted by molar-refractivity contribution is 5.74. The minimum absolute atomic E-state index is 0.126. The molecule has 1 atom stereocenters. The van der Waals surface area contributed by atoms with Gasteiger partial charge in [0.2, 0.25) is 0 Å². The van der Waals surface area contributed by atoms with E-state index in [0.717, 1.165) is 37.6 Å². The van der Waals surface area contributed by atoms with Crippen molar-refractivity contribution in [3.63, 3.8) is 0 Å². The lowest BCUT2D eigenvalue weighted by Gasteiger charge is -2.24. The van der Waals surface area contributed by atoms with Crippen molar-refractivity contribution in [1.29, 1.82) is 0 Å².